The lowest BCUT2D eigenvalue weighted by molar-refractivity contribution is 1.25. The van der Waals surface area contributed by atoms with Gasteiger partial charge < -0.3 is 10.3 Å². The van der Waals surface area contributed by atoms with E-state index in [2.05, 4.69) is 84.7 Å². The van der Waals surface area contributed by atoms with E-state index in [0.29, 0.717) is 0 Å². The van der Waals surface area contributed by atoms with Crippen molar-refractivity contribution in [1.29, 1.82) is 0 Å². The number of aryl methyl sites for hydroxylation is 2. The third-order valence-electron chi connectivity index (χ3n) is 5.87. The van der Waals surface area contributed by atoms with Crippen molar-refractivity contribution in [2.24, 2.45) is 5.73 Å². The number of rotatable bonds is 7. The van der Waals surface area contributed by atoms with Crippen LogP contribution in [0.25, 0.3) is 33.7 Å². The molecule has 0 aliphatic rings. The Morgan fingerprint density at radius 2 is 1.79 bits per heavy atom. The molecule has 3 heteroatoms. The molecule has 0 radical (unpaired) electrons. The highest BCUT2D eigenvalue weighted by atomic mass is 15.0. The van der Waals surface area contributed by atoms with Crippen LogP contribution in [0, 0.1) is 13.8 Å². The number of pyridine rings is 1. The number of aromatic nitrogens is 2. The van der Waals surface area contributed by atoms with E-state index < -0.39 is 0 Å². The van der Waals surface area contributed by atoms with Gasteiger partial charge in [0, 0.05) is 35.1 Å². The summed E-state index contributed by atoms with van der Waals surface area (Å²) in [5, 5.41) is 2.35. The third-order valence-corrected chi connectivity index (χ3v) is 5.87. The number of allylic oxidation sites excluding steroid dienone is 7. The largest absolute Gasteiger partial charge is 0.398 e. The molecule has 2 aromatic carbocycles. The normalized spacial score (nSPS) is 12.7. The second kappa shape index (κ2) is 10.0. The van der Waals surface area contributed by atoms with Crippen molar-refractivity contribution < 1.29 is 0 Å². The summed E-state index contributed by atoms with van der Waals surface area (Å²) < 4.78 is 2.20. The zero-order valence-corrected chi connectivity index (χ0v) is 19.2. The quantitative estimate of drug-likeness (QED) is 0.317. The van der Waals surface area contributed by atoms with Crippen molar-refractivity contribution in [2.45, 2.75) is 20.3 Å². The molecule has 2 N–H and O–H groups in total. The van der Waals surface area contributed by atoms with Gasteiger partial charge in [0.1, 0.15) is 0 Å². The predicted octanol–water partition coefficient (Wildman–Crippen LogP) is 7.12. The lowest BCUT2D eigenvalue weighted by atomic mass is 10.0. The van der Waals surface area contributed by atoms with Crippen LogP contribution in [0.3, 0.4) is 0 Å². The number of hydrogen-bond donors (Lipinski definition) is 1. The standard InChI is InChI=1S/C30H29N3/c1-4-5-6-9-18-33-29-15-13-24(20-26(29)27-21-32-17-16-30(27)33)10-7-8-11-28(31)25-14-12-22(2)23(3)19-25/h4-9,11-21H,1,10,31H2,2-3H3/b6-5-,8-7-,18-9-,28-11-. The predicted molar refractivity (Wildman–Crippen MR) is 143 cm³/mol. The van der Waals surface area contributed by atoms with Gasteiger partial charge in [0.15, 0.2) is 0 Å². The minimum Gasteiger partial charge on any atom is -0.398 e. The van der Waals surface area contributed by atoms with Crippen LogP contribution in [0.2, 0.25) is 0 Å². The van der Waals surface area contributed by atoms with Gasteiger partial charge in [0.05, 0.1) is 11.0 Å². The molecule has 3 nitrogen and oxygen atoms in total. The maximum atomic E-state index is 6.28. The van der Waals surface area contributed by atoms with E-state index in [9.17, 15) is 0 Å². The SMILES string of the molecule is C=C/C=C\C=C/n1c2ccncc2c2cc(C/C=C\C=C(/N)c3ccc(C)c(C)c3)ccc21. The minimum atomic E-state index is 0.774. The molecule has 0 spiro atoms. The fourth-order valence-electron chi connectivity index (χ4n) is 3.90. The molecule has 0 aliphatic heterocycles. The third kappa shape index (κ3) is 4.88. The zero-order chi connectivity index (χ0) is 23.2. The van der Waals surface area contributed by atoms with E-state index >= 15 is 0 Å². The molecule has 2 heterocycles. The molecule has 0 atom stereocenters. The first-order valence-corrected chi connectivity index (χ1v) is 11.1. The van der Waals surface area contributed by atoms with Gasteiger partial charge in [0.2, 0.25) is 0 Å². The van der Waals surface area contributed by atoms with Crippen LogP contribution in [0.5, 0.6) is 0 Å². The van der Waals surface area contributed by atoms with E-state index in [1.165, 1.54) is 22.1 Å². The van der Waals surface area contributed by atoms with Gasteiger partial charge in [-0.15, -0.1) is 0 Å². The maximum absolute atomic E-state index is 6.28. The fraction of sp³-hybridized carbons (Fsp3) is 0.100. The Balaban J connectivity index is 1.58. The fourth-order valence-corrected chi connectivity index (χ4v) is 3.90. The summed E-state index contributed by atoms with van der Waals surface area (Å²) in [5.74, 6) is 0. The van der Waals surface area contributed by atoms with Gasteiger partial charge in [-0.2, -0.15) is 0 Å². The number of benzene rings is 2. The van der Waals surface area contributed by atoms with Crippen molar-refractivity contribution in [3.8, 4) is 0 Å². The molecule has 2 aromatic heterocycles. The molecule has 0 unspecified atom stereocenters. The number of nitrogens with zero attached hydrogens (tertiary/aromatic N) is 2. The van der Waals surface area contributed by atoms with Gasteiger partial charge in [-0.1, -0.05) is 55.2 Å². The van der Waals surface area contributed by atoms with Gasteiger partial charge in [-0.3, -0.25) is 4.98 Å². The smallest absolute Gasteiger partial charge is 0.0565 e. The Bertz CT molecular complexity index is 1430. The molecule has 0 aliphatic carbocycles. The molecule has 4 rings (SSSR count). The molecule has 164 valence electrons. The van der Waals surface area contributed by atoms with E-state index in [1.807, 2.05) is 42.8 Å². The van der Waals surface area contributed by atoms with Gasteiger partial charge in [0.25, 0.3) is 0 Å². The summed E-state index contributed by atoms with van der Waals surface area (Å²) >= 11 is 0. The van der Waals surface area contributed by atoms with E-state index in [0.717, 1.165) is 34.1 Å². The van der Waals surface area contributed by atoms with Crippen molar-refractivity contribution in [1.82, 2.24) is 9.55 Å². The first-order valence-electron chi connectivity index (χ1n) is 11.1. The lowest BCUT2D eigenvalue weighted by Gasteiger charge is -2.05. The highest BCUT2D eigenvalue weighted by molar-refractivity contribution is 6.09. The van der Waals surface area contributed by atoms with Crippen molar-refractivity contribution in [2.75, 3.05) is 0 Å². The van der Waals surface area contributed by atoms with Crippen LogP contribution >= 0.6 is 0 Å². The van der Waals surface area contributed by atoms with Crippen LogP contribution < -0.4 is 5.73 Å². The molecular weight excluding hydrogens is 402 g/mol. The summed E-state index contributed by atoms with van der Waals surface area (Å²) in [6.07, 6.45) is 20.5. The Morgan fingerprint density at radius 1 is 0.939 bits per heavy atom. The number of nitrogens with two attached hydrogens (primary N) is 1. The number of hydrogen-bond acceptors (Lipinski definition) is 2. The van der Waals surface area contributed by atoms with Crippen LogP contribution in [-0.4, -0.2) is 9.55 Å². The Kier molecular flexibility index (Phi) is 6.70. The van der Waals surface area contributed by atoms with E-state index in [4.69, 9.17) is 5.73 Å². The first-order chi connectivity index (χ1) is 16.1. The Morgan fingerprint density at radius 3 is 2.61 bits per heavy atom. The Hall–Kier alpha value is -4.11. The zero-order valence-electron chi connectivity index (χ0n) is 19.2. The van der Waals surface area contributed by atoms with Gasteiger partial charge >= 0.3 is 0 Å². The average molecular weight is 432 g/mol. The molecule has 0 saturated heterocycles. The molecule has 0 bridgehead atoms. The van der Waals surface area contributed by atoms with E-state index in [-0.39, 0.29) is 0 Å². The number of fused-ring (bicyclic) bond motifs is 3. The van der Waals surface area contributed by atoms with Crippen LogP contribution in [-0.2, 0) is 6.42 Å². The summed E-state index contributed by atoms with van der Waals surface area (Å²) in [5.41, 5.74) is 14.2. The highest BCUT2D eigenvalue weighted by Gasteiger charge is 2.09. The summed E-state index contributed by atoms with van der Waals surface area (Å²) in [6.45, 7) is 7.94. The monoisotopic (exact) mass is 431 g/mol. The Labute approximate surface area is 195 Å². The molecule has 0 fully saturated rings. The molecule has 4 aromatic rings. The lowest BCUT2D eigenvalue weighted by Crippen LogP contribution is -1.96. The van der Waals surface area contributed by atoms with Crippen LogP contribution in [0.1, 0.15) is 22.3 Å². The maximum Gasteiger partial charge on any atom is 0.0565 e. The van der Waals surface area contributed by atoms with E-state index in [1.54, 1.807) is 6.08 Å². The molecule has 33 heavy (non-hydrogen) atoms. The first kappa shape index (κ1) is 22.1. The average Bonchev–Trinajstić information content (AvgIpc) is 3.14. The molecular formula is C30H29N3. The van der Waals surface area contributed by atoms with Gasteiger partial charge in [-0.05, 0) is 78.9 Å². The topological polar surface area (TPSA) is 43.8 Å². The molecule has 0 amide bonds. The van der Waals surface area contributed by atoms with Gasteiger partial charge in [-0.25, -0.2) is 0 Å². The summed E-state index contributed by atoms with van der Waals surface area (Å²) in [7, 11) is 0. The highest BCUT2D eigenvalue weighted by Crippen LogP contribution is 2.29. The second-order valence-electron chi connectivity index (χ2n) is 8.13. The summed E-state index contributed by atoms with van der Waals surface area (Å²) in [6, 6.07) is 15.0. The van der Waals surface area contributed by atoms with Crippen LogP contribution in [0.4, 0.5) is 0 Å². The van der Waals surface area contributed by atoms with Crippen molar-refractivity contribution >= 4 is 33.7 Å². The van der Waals surface area contributed by atoms with Crippen LogP contribution in [0.15, 0.2) is 104 Å². The molecule has 0 saturated carbocycles. The minimum absolute atomic E-state index is 0.774. The second-order valence-corrected chi connectivity index (χ2v) is 8.13. The van der Waals surface area contributed by atoms with Crippen molar-refractivity contribution in [3.63, 3.8) is 0 Å². The summed E-state index contributed by atoms with van der Waals surface area (Å²) in [4.78, 5) is 4.35. The van der Waals surface area contributed by atoms with Crippen molar-refractivity contribution in [3.05, 3.63) is 126 Å².